The van der Waals surface area contributed by atoms with E-state index in [0.29, 0.717) is 0 Å². The number of aliphatic hydroxyl groups excluding tert-OH is 1. The molecule has 0 radical (unpaired) electrons. The highest BCUT2D eigenvalue weighted by atomic mass is 32.1. The maximum Gasteiger partial charge on any atom is 0.431 e. The molecule has 1 heterocycles. The quantitative estimate of drug-likeness (QED) is 0.815. The fourth-order valence-corrected chi connectivity index (χ4v) is 1.90. The molecule has 10 heteroatoms. The SMILES string of the molecule is OCc1ncc(C(O)(C(F)(F)F)C(F)(F)F)s1. The number of nitrogens with zero attached hydrogens (tertiary/aromatic N) is 1. The van der Waals surface area contributed by atoms with Crippen LogP contribution in [0.1, 0.15) is 9.88 Å². The van der Waals surface area contributed by atoms with Gasteiger partial charge in [-0.15, -0.1) is 11.3 Å². The minimum absolute atomic E-state index is 0.0575. The van der Waals surface area contributed by atoms with Gasteiger partial charge >= 0.3 is 12.4 Å². The van der Waals surface area contributed by atoms with Crippen molar-refractivity contribution in [1.82, 2.24) is 4.98 Å². The summed E-state index contributed by atoms with van der Waals surface area (Å²) in [7, 11) is 0. The standard InChI is InChI=1S/C7H5F6NO2S/c8-6(9,10)5(16,7(11,12)13)3-1-14-4(2-15)17-3/h1,15-16H,2H2. The number of hydrogen-bond acceptors (Lipinski definition) is 4. The Labute approximate surface area is 94.3 Å². The summed E-state index contributed by atoms with van der Waals surface area (Å²) in [6.07, 6.45) is -11.6. The molecule has 0 amide bonds. The van der Waals surface area contributed by atoms with Crippen LogP contribution in [0.4, 0.5) is 26.3 Å². The first kappa shape index (κ1) is 14.2. The average molecular weight is 281 g/mol. The lowest BCUT2D eigenvalue weighted by Gasteiger charge is -2.30. The van der Waals surface area contributed by atoms with Crippen molar-refractivity contribution in [3.63, 3.8) is 0 Å². The van der Waals surface area contributed by atoms with Gasteiger partial charge in [-0.25, -0.2) is 4.98 Å². The molecular formula is C7H5F6NO2S. The van der Waals surface area contributed by atoms with Gasteiger partial charge in [0.05, 0.1) is 11.5 Å². The van der Waals surface area contributed by atoms with E-state index < -0.39 is 29.4 Å². The van der Waals surface area contributed by atoms with Gasteiger partial charge in [0, 0.05) is 6.20 Å². The van der Waals surface area contributed by atoms with E-state index in [9.17, 15) is 26.3 Å². The van der Waals surface area contributed by atoms with Crippen LogP contribution >= 0.6 is 11.3 Å². The zero-order valence-electron chi connectivity index (χ0n) is 7.80. The van der Waals surface area contributed by atoms with Gasteiger partial charge in [-0.1, -0.05) is 0 Å². The Morgan fingerprint density at radius 3 is 1.88 bits per heavy atom. The zero-order valence-corrected chi connectivity index (χ0v) is 8.62. The van der Waals surface area contributed by atoms with Crippen LogP contribution in [0.25, 0.3) is 0 Å². The summed E-state index contributed by atoms with van der Waals surface area (Å²) in [5.74, 6) is 0. The molecule has 0 saturated heterocycles. The van der Waals surface area contributed by atoms with Crippen molar-refractivity contribution in [2.24, 2.45) is 0 Å². The molecule has 0 unspecified atom stereocenters. The van der Waals surface area contributed by atoms with Gasteiger partial charge in [-0.3, -0.25) is 0 Å². The molecule has 0 aliphatic rings. The number of hydrogen-bond donors (Lipinski definition) is 2. The van der Waals surface area contributed by atoms with Gasteiger partial charge in [0.2, 0.25) is 0 Å². The van der Waals surface area contributed by atoms with Crippen molar-refractivity contribution < 1.29 is 36.6 Å². The van der Waals surface area contributed by atoms with E-state index in [1.54, 1.807) is 0 Å². The van der Waals surface area contributed by atoms with Crippen molar-refractivity contribution in [1.29, 1.82) is 0 Å². The normalized spacial score (nSPS) is 14.1. The minimum atomic E-state index is -5.93. The highest BCUT2D eigenvalue weighted by molar-refractivity contribution is 7.11. The van der Waals surface area contributed by atoms with E-state index in [1.165, 1.54) is 0 Å². The molecule has 0 fully saturated rings. The molecule has 1 aromatic rings. The van der Waals surface area contributed by atoms with Crippen molar-refractivity contribution in [2.75, 3.05) is 0 Å². The largest absolute Gasteiger partial charge is 0.431 e. The van der Waals surface area contributed by atoms with Crippen molar-refractivity contribution in [3.8, 4) is 0 Å². The van der Waals surface area contributed by atoms with Gasteiger partial charge < -0.3 is 10.2 Å². The second-order valence-electron chi connectivity index (χ2n) is 2.98. The average Bonchev–Trinajstić information content (AvgIpc) is 2.61. The molecular weight excluding hydrogens is 276 g/mol. The molecule has 98 valence electrons. The molecule has 0 saturated carbocycles. The maximum atomic E-state index is 12.3. The summed E-state index contributed by atoms with van der Waals surface area (Å²) in [5.41, 5.74) is -4.97. The molecule has 0 aliphatic heterocycles. The van der Waals surface area contributed by atoms with E-state index in [0.717, 1.165) is 0 Å². The van der Waals surface area contributed by atoms with Crippen LogP contribution < -0.4 is 0 Å². The van der Waals surface area contributed by atoms with Crippen LogP contribution in [-0.2, 0) is 12.2 Å². The molecule has 17 heavy (non-hydrogen) atoms. The smallest absolute Gasteiger partial charge is 0.389 e. The number of aromatic nitrogens is 1. The van der Waals surface area contributed by atoms with Crippen molar-refractivity contribution in [2.45, 2.75) is 24.6 Å². The molecule has 0 spiro atoms. The van der Waals surface area contributed by atoms with E-state index >= 15 is 0 Å². The van der Waals surface area contributed by atoms with Gasteiger partial charge in [-0.05, 0) is 0 Å². The number of aliphatic hydroxyl groups is 2. The van der Waals surface area contributed by atoms with E-state index in [2.05, 4.69) is 4.98 Å². The van der Waals surface area contributed by atoms with Gasteiger partial charge in [0.25, 0.3) is 5.60 Å². The second-order valence-corrected chi connectivity index (χ2v) is 4.10. The molecule has 0 atom stereocenters. The van der Waals surface area contributed by atoms with Gasteiger partial charge in [-0.2, -0.15) is 26.3 Å². The summed E-state index contributed by atoms with van der Waals surface area (Å²) in [6, 6.07) is 0. The highest BCUT2D eigenvalue weighted by Gasteiger charge is 2.72. The predicted molar refractivity (Wildman–Crippen MR) is 44.0 cm³/mol. The molecule has 1 rings (SSSR count). The lowest BCUT2D eigenvalue weighted by atomic mass is 10.0. The Morgan fingerprint density at radius 1 is 1.12 bits per heavy atom. The summed E-state index contributed by atoms with van der Waals surface area (Å²) in [5, 5.41) is 17.1. The van der Waals surface area contributed by atoms with Crippen LogP contribution in [0, 0.1) is 0 Å². The third-order valence-corrected chi connectivity index (χ3v) is 2.96. The monoisotopic (exact) mass is 281 g/mol. The zero-order chi connectivity index (χ0) is 13.5. The van der Waals surface area contributed by atoms with Gasteiger partial charge in [0.1, 0.15) is 5.01 Å². The minimum Gasteiger partial charge on any atom is -0.389 e. The molecule has 0 aromatic carbocycles. The Balaban J connectivity index is 3.35. The van der Waals surface area contributed by atoms with E-state index in [4.69, 9.17) is 10.2 Å². The molecule has 1 aromatic heterocycles. The summed E-state index contributed by atoms with van der Waals surface area (Å²) >= 11 is -0.0575. The lowest BCUT2D eigenvalue weighted by molar-refractivity contribution is -0.375. The third-order valence-electron chi connectivity index (χ3n) is 1.87. The van der Waals surface area contributed by atoms with Crippen molar-refractivity contribution in [3.05, 3.63) is 16.1 Å². The Hall–Kier alpha value is -0.870. The Morgan fingerprint density at radius 2 is 1.59 bits per heavy atom. The number of alkyl halides is 6. The molecule has 3 nitrogen and oxygen atoms in total. The molecule has 0 aliphatic carbocycles. The van der Waals surface area contributed by atoms with Gasteiger partial charge in [0.15, 0.2) is 0 Å². The predicted octanol–water partition coefficient (Wildman–Crippen LogP) is 1.95. The summed E-state index contributed by atoms with van der Waals surface area (Å²) in [4.78, 5) is 1.71. The third kappa shape index (κ3) is 2.24. The highest BCUT2D eigenvalue weighted by Crippen LogP contribution is 2.51. The number of rotatable bonds is 2. The van der Waals surface area contributed by atoms with Crippen LogP contribution in [0.15, 0.2) is 6.20 Å². The van der Waals surface area contributed by atoms with Crippen molar-refractivity contribution >= 4 is 11.3 Å². The molecule has 2 N–H and O–H groups in total. The summed E-state index contributed by atoms with van der Waals surface area (Å²) in [6.45, 7) is -0.809. The van der Waals surface area contributed by atoms with Crippen LogP contribution in [0.5, 0.6) is 0 Å². The van der Waals surface area contributed by atoms with E-state index in [1.807, 2.05) is 0 Å². The maximum absolute atomic E-state index is 12.3. The Kier molecular flexibility index (Phi) is 3.43. The first-order valence-electron chi connectivity index (χ1n) is 3.96. The Bertz CT molecular complexity index is 384. The number of halogens is 6. The fourth-order valence-electron chi connectivity index (χ4n) is 0.991. The summed E-state index contributed by atoms with van der Waals surface area (Å²) < 4.78 is 74.1. The van der Waals surface area contributed by atoms with E-state index in [-0.39, 0.29) is 22.5 Å². The van der Waals surface area contributed by atoms with Crippen LogP contribution in [0.3, 0.4) is 0 Å². The number of thiazole rings is 1. The van der Waals surface area contributed by atoms with Crippen LogP contribution in [0.2, 0.25) is 0 Å². The fraction of sp³-hybridized carbons (Fsp3) is 0.571. The van der Waals surface area contributed by atoms with Crippen LogP contribution in [-0.4, -0.2) is 27.5 Å². The second kappa shape index (κ2) is 4.10. The first-order valence-corrected chi connectivity index (χ1v) is 4.77. The topological polar surface area (TPSA) is 53.4 Å². The lowest BCUT2D eigenvalue weighted by Crippen LogP contribution is -2.53. The first-order chi connectivity index (χ1) is 7.54. The molecule has 0 bridgehead atoms.